The number of fused-ring (bicyclic) bond motifs is 1. The van der Waals surface area contributed by atoms with E-state index >= 15 is 0 Å². The van der Waals surface area contributed by atoms with Crippen LogP contribution >= 0.6 is 15.9 Å². The van der Waals surface area contributed by atoms with Crippen LogP contribution in [-0.4, -0.2) is 14.8 Å². The Hall–Kier alpha value is -0.900. The number of pyridine rings is 1. The smallest absolute Gasteiger partial charge is 0.157 e. The van der Waals surface area contributed by atoms with Gasteiger partial charge in [0.2, 0.25) is 0 Å². The van der Waals surface area contributed by atoms with Crippen LogP contribution in [0.3, 0.4) is 0 Å². The molecule has 3 rings (SSSR count). The summed E-state index contributed by atoms with van der Waals surface area (Å²) in [5, 5.41) is 5.55. The first-order valence-electron chi connectivity index (χ1n) is 5.80. The minimum Gasteiger partial charge on any atom is -0.247 e. The van der Waals surface area contributed by atoms with Crippen molar-refractivity contribution in [3.8, 4) is 0 Å². The van der Waals surface area contributed by atoms with Gasteiger partial charge >= 0.3 is 0 Å². The van der Waals surface area contributed by atoms with Gasteiger partial charge in [-0.2, -0.15) is 5.10 Å². The highest BCUT2D eigenvalue weighted by molar-refractivity contribution is 9.10. The molecule has 0 bridgehead atoms. The summed E-state index contributed by atoms with van der Waals surface area (Å²) >= 11 is 3.43. The number of nitrogens with zero attached hydrogens (tertiary/aromatic N) is 3. The molecule has 1 aliphatic carbocycles. The van der Waals surface area contributed by atoms with Gasteiger partial charge in [-0.05, 0) is 40.8 Å². The van der Waals surface area contributed by atoms with Crippen LogP contribution in [0.1, 0.15) is 25.7 Å². The average molecular weight is 280 g/mol. The Morgan fingerprint density at radius 3 is 2.94 bits per heavy atom. The third-order valence-electron chi connectivity index (χ3n) is 3.35. The van der Waals surface area contributed by atoms with Crippen LogP contribution in [0, 0.1) is 5.92 Å². The van der Waals surface area contributed by atoms with Crippen molar-refractivity contribution < 1.29 is 0 Å². The van der Waals surface area contributed by atoms with Crippen LogP contribution in [0.5, 0.6) is 0 Å². The lowest BCUT2D eigenvalue weighted by Gasteiger charge is -2.09. The standard InChI is InChI=1S/C12H14BrN3/c13-11-5-10-6-15-16(12(10)14-7-11)8-9-3-1-2-4-9/h5-7,9H,1-4,8H2. The van der Waals surface area contributed by atoms with Crippen LogP contribution in [0.15, 0.2) is 22.9 Å². The molecule has 1 fully saturated rings. The van der Waals surface area contributed by atoms with Crippen LogP contribution in [0.4, 0.5) is 0 Å². The summed E-state index contributed by atoms with van der Waals surface area (Å²) in [5.74, 6) is 0.800. The lowest BCUT2D eigenvalue weighted by molar-refractivity contribution is 0.436. The van der Waals surface area contributed by atoms with Crippen molar-refractivity contribution in [2.75, 3.05) is 0 Å². The van der Waals surface area contributed by atoms with E-state index in [-0.39, 0.29) is 0 Å². The molecule has 0 spiro atoms. The zero-order valence-corrected chi connectivity index (χ0v) is 10.7. The molecule has 0 amide bonds. The molecule has 84 valence electrons. The molecule has 0 aromatic carbocycles. The Morgan fingerprint density at radius 1 is 1.31 bits per heavy atom. The molecule has 2 heterocycles. The van der Waals surface area contributed by atoms with Gasteiger partial charge in [0, 0.05) is 22.6 Å². The minimum atomic E-state index is 0.800. The van der Waals surface area contributed by atoms with Gasteiger partial charge in [-0.3, -0.25) is 0 Å². The molecule has 0 aliphatic heterocycles. The number of aromatic nitrogens is 3. The van der Waals surface area contributed by atoms with Crippen LogP contribution in [0.2, 0.25) is 0 Å². The molecule has 0 unspecified atom stereocenters. The van der Waals surface area contributed by atoms with Gasteiger partial charge in [0.15, 0.2) is 5.65 Å². The summed E-state index contributed by atoms with van der Waals surface area (Å²) in [6, 6.07) is 2.07. The third kappa shape index (κ3) is 1.86. The highest BCUT2D eigenvalue weighted by atomic mass is 79.9. The highest BCUT2D eigenvalue weighted by Crippen LogP contribution is 2.27. The van der Waals surface area contributed by atoms with E-state index in [9.17, 15) is 0 Å². The second-order valence-corrected chi connectivity index (χ2v) is 5.46. The Morgan fingerprint density at radius 2 is 2.12 bits per heavy atom. The number of hydrogen-bond donors (Lipinski definition) is 0. The van der Waals surface area contributed by atoms with E-state index in [0.29, 0.717) is 0 Å². The molecule has 2 aromatic rings. The molecule has 0 saturated heterocycles. The van der Waals surface area contributed by atoms with Gasteiger partial charge in [-0.25, -0.2) is 9.67 Å². The van der Waals surface area contributed by atoms with Crippen molar-refractivity contribution >= 4 is 27.0 Å². The molecule has 1 aliphatic rings. The molecule has 3 nitrogen and oxygen atoms in total. The summed E-state index contributed by atoms with van der Waals surface area (Å²) in [6.07, 6.45) is 9.19. The van der Waals surface area contributed by atoms with Crippen molar-refractivity contribution in [1.82, 2.24) is 14.8 Å². The molecular formula is C12H14BrN3. The molecule has 16 heavy (non-hydrogen) atoms. The topological polar surface area (TPSA) is 30.7 Å². The van der Waals surface area contributed by atoms with E-state index in [2.05, 4.69) is 36.8 Å². The first-order valence-corrected chi connectivity index (χ1v) is 6.59. The van der Waals surface area contributed by atoms with Gasteiger partial charge in [0.1, 0.15) is 0 Å². The fraction of sp³-hybridized carbons (Fsp3) is 0.500. The molecular weight excluding hydrogens is 266 g/mol. The molecule has 1 saturated carbocycles. The van der Waals surface area contributed by atoms with Crippen LogP contribution in [-0.2, 0) is 6.54 Å². The van der Waals surface area contributed by atoms with E-state index in [4.69, 9.17) is 0 Å². The minimum absolute atomic E-state index is 0.800. The lowest BCUT2D eigenvalue weighted by Crippen LogP contribution is -2.09. The summed E-state index contributed by atoms with van der Waals surface area (Å²) in [5.41, 5.74) is 1.01. The van der Waals surface area contributed by atoms with Crippen molar-refractivity contribution in [3.63, 3.8) is 0 Å². The maximum atomic E-state index is 4.44. The Kier molecular flexibility index (Phi) is 2.67. The van der Waals surface area contributed by atoms with Gasteiger partial charge in [-0.15, -0.1) is 0 Å². The molecule has 0 N–H and O–H groups in total. The Bertz CT molecular complexity index is 500. The van der Waals surface area contributed by atoms with Crippen molar-refractivity contribution in [2.45, 2.75) is 32.2 Å². The largest absolute Gasteiger partial charge is 0.247 e. The first kappa shape index (κ1) is 10.3. The van der Waals surface area contributed by atoms with Crippen molar-refractivity contribution in [1.29, 1.82) is 0 Å². The van der Waals surface area contributed by atoms with Gasteiger partial charge in [0.05, 0.1) is 6.20 Å². The second-order valence-electron chi connectivity index (χ2n) is 4.54. The van der Waals surface area contributed by atoms with Gasteiger partial charge in [0.25, 0.3) is 0 Å². The summed E-state index contributed by atoms with van der Waals surface area (Å²) in [7, 11) is 0. The number of hydrogen-bond acceptors (Lipinski definition) is 2. The summed E-state index contributed by atoms with van der Waals surface area (Å²) in [6.45, 7) is 1.03. The molecule has 0 atom stereocenters. The zero-order chi connectivity index (χ0) is 11.0. The predicted octanol–water partition coefficient (Wildman–Crippen LogP) is 3.38. The fourth-order valence-corrected chi connectivity index (χ4v) is 2.87. The van der Waals surface area contributed by atoms with E-state index < -0.39 is 0 Å². The predicted molar refractivity (Wildman–Crippen MR) is 67.2 cm³/mol. The number of halogens is 1. The molecule has 2 aromatic heterocycles. The molecule has 4 heteroatoms. The lowest BCUT2D eigenvalue weighted by atomic mass is 10.1. The van der Waals surface area contributed by atoms with E-state index in [1.54, 1.807) is 0 Å². The van der Waals surface area contributed by atoms with Gasteiger partial charge in [-0.1, -0.05) is 12.8 Å². The average Bonchev–Trinajstić information content (AvgIpc) is 2.89. The van der Waals surface area contributed by atoms with E-state index in [1.807, 2.05) is 12.4 Å². The maximum Gasteiger partial charge on any atom is 0.157 e. The van der Waals surface area contributed by atoms with E-state index in [0.717, 1.165) is 28.0 Å². The Labute approximate surface area is 103 Å². The highest BCUT2D eigenvalue weighted by Gasteiger charge is 2.17. The van der Waals surface area contributed by atoms with Crippen LogP contribution < -0.4 is 0 Å². The Balaban J connectivity index is 1.91. The molecule has 0 radical (unpaired) electrons. The SMILES string of the molecule is Brc1cnc2c(cnn2CC2CCCC2)c1. The summed E-state index contributed by atoms with van der Waals surface area (Å²) in [4.78, 5) is 4.44. The van der Waals surface area contributed by atoms with Crippen molar-refractivity contribution in [2.24, 2.45) is 5.92 Å². The maximum absolute atomic E-state index is 4.44. The summed E-state index contributed by atoms with van der Waals surface area (Å²) < 4.78 is 3.07. The van der Waals surface area contributed by atoms with Gasteiger partial charge < -0.3 is 0 Å². The quantitative estimate of drug-likeness (QED) is 0.844. The van der Waals surface area contributed by atoms with E-state index in [1.165, 1.54) is 25.7 Å². The monoisotopic (exact) mass is 279 g/mol. The zero-order valence-electron chi connectivity index (χ0n) is 9.06. The second kappa shape index (κ2) is 4.17. The van der Waals surface area contributed by atoms with Crippen LogP contribution in [0.25, 0.3) is 11.0 Å². The third-order valence-corrected chi connectivity index (χ3v) is 3.78. The first-order chi connectivity index (χ1) is 7.83. The fourth-order valence-electron chi connectivity index (χ4n) is 2.52. The van der Waals surface area contributed by atoms with Crippen molar-refractivity contribution in [3.05, 3.63) is 22.9 Å². The number of rotatable bonds is 2. The normalized spacial score (nSPS) is 17.3.